The van der Waals surface area contributed by atoms with Gasteiger partial charge in [0.15, 0.2) is 0 Å². The number of aliphatic hydroxyl groups excluding tert-OH is 2. The molecule has 0 aliphatic rings. The Labute approximate surface area is 127 Å². The average molecular weight is 314 g/mol. The predicted molar refractivity (Wildman–Crippen MR) is 74.4 cm³/mol. The molecule has 1 atom stereocenters. The van der Waals surface area contributed by atoms with Crippen LogP contribution in [0.25, 0.3) is 0 Å². The molecule has 0 aromatic carbocycles. The fraction of sp³-hybridized carbons (Fsp3) is 0.357. The van der Waals surface area contributed by atoms with Crippen molar-refractivity contribution in [3.8, 4) is 0 Å². The summed E-state index contributed by atoms with van der Waals surface area (Å²) in [7, 11) is 0. The minimum Gasteiger partial charge on any atom is -0.478 e. The molecule has 1 unspecified atom stereocenters. The standard InChI is InChI=1S/C14H18O8/c1-4-12(17)22-11(5-8(2)13(18)19)9(3)14(20)21-7-10(16)6-15/h4-5,10,15-16H,1,6-7H2,2-3H3,(H,18,19). The van der Waals surface area contributed by atoms with E-state index in [4.69, 9.17) is 24.8 Å². The van der Waals surface area contributed by atoms with Gasteiger partial charge >= 0.3 is 17.9 Å². The highest BCUT2D eigenvalue weighted by Crippen LogP contribution is 2.13. The highest BCUT2D eigenvalue weighted by molar-refractivity contribution is 5.92. The van der Waals surface area contributed by atoms with Gasteiger partial charge in [0.25, 0.3) is 0 Å². The first-order chi connectivity index (χ1) is 10.2. The van der Waals surface area contributed by atoms with E-state index in [1.165, 1.54) is 13.8 Å². The Balaban J connectivity index is 5.37. The number of allylic oxidation sites excluding steroid dienone is 1. The summed E-state index contributed by atoms with van der Waals surface area (Å²) < 4.78 is 9.50. The van der Waals surface area contributed by atoms with Crippen molar-refractivity contribution in [2.24, 2.45) is 0 Å². The van der Waals surface area contributed by atoms with Crippen molar-refractivity contribution in [1.82, 2.24) is 0 Å². The number of rotatable bonds is 8. The van der Waals surface area contributed by atoms with Gasteiger partial charge in [-0.25, -0.2) is 14.4 Å². The first kappa shape index (κ1) is 19.6. The summed E-state index contributed by atoms with van der Waals surface area (Å²) in [5.74, 6) is -3.39. The molecule has 8 heteroatoms. The molecule has 0 rings (SSSR count). The Kier molecular flexibility index (Phi) is 8.42. The molecule has 122 valence electrons. The maximum absolute atomic E-state index is 11.8. The SMILES string of the molecule is C=CC(=O)OC(C=C(C)C(=O)O)=C(C)C(=O)OCC(O)CO. The van der Waals surface area contributed by atoms with Gasteiger partial charge in [-0.05, 0) is 19.9 Å². The number of carbonyl (C=O) groups excluding carboxylic acids is 2. The zero-order valence-electron chi connectivity index (χ0n) is 12.2. The summed E-state index contributed by atoms with van der Waals surface area (Å²) in [4.78, 5) is 33.8. The Morgan fingerprint density at radius 1 is 1.27 bits per heavy atom. The molecule has 0 aliphatic heterocycles. The number of hydrogen-bond acceptors (Lipinski definition) is 7. The van der Waals surface area contributed by atoms with Crippen LogP contribution < -0.4 is 0 Å². The van der Waals surface area contributed by atoms with Crippen molar-refractivity contribution in [2.45, 2.75) is 20.0 Å². The smallest absolute Gasteiger partial charge is 0.337 e. The fourth-order valence-electron chi connectivity index (χ4n) is 1.06. The quantitative estimate of drug-likeness (QED) is 0.245. The summed E-state index contributed by atoms with van der Waals surface area (Å²) in [5.41, 5.74) is -0.352. The molecule has 0 aromatic heterocycles. The predicted octanol–water partition coefficient (Wildman–Crippen LogP) is -0.0831. The van der Waals surface area contributed by atoms with E-state index in [9.17, 15) is 14.4 Å². The molecule has 0 aliphatic carbocycles. The molecule has 0 saturated carbocycles. The topological polar surface area (TPSA) is 130 Å². The van der Waals surface area contributed by atoms with Gasteiger partial charge in [0.1, 0.15) is 18.5 Å². The second kappa shape index (κ2) is 9.48. The van der Waals surface area contributed by atoms with Gasteiger partial charge in [-0.1, -0.05) is 6.58 Å². The molecular formula is C14H18O8. The lowest BCUT2D eigenvalue weighted by Gasteiger charge is -2.11. The number of aliphatic carboxylic acids is 1. The molecule has 0 amide bonds. The molecule has 8 nitrogen and oxygen atoms in total. The third-order valence-corrected chi connectivity index (χ3v) is 2.36. The van der Waals surface area contributed by atoms with E-state index >= 15 is 0 Å². The average Bonchev–Trinajstić information content (AvgIpc) is 2.49. The monoisotopic (exact) mass is 314 g/mol. The largest absolute Gasteiger partial charge is 0.478 e. The van der Waals surface area contributed by atoms with Crippen LogP contribution in [0.15, 0.2) is 35.6 Å². The van der Waals surface area contributed by atoms with Crippen LogP contribution in [-0.4, -0.2) is 52.5 Å². The third kappa shape index (κ3) is 6.82. The molecule has 0 spiro atoms. The number of carboxylic acids is 1. The first-order valence-electron chi connectivity index (χ1n) is 6.15. The number of hydrogen-bond donors (Lipinski definition) is 3. The van der Waals surface area contributed by atoms with Crippen molar-refractivity contribution in [3.05, 3.63) is 35.6 Å². The molecule has 0 radical (unpaired) electrons. The minimum absolute atomic E-state index is 0.172. The van der Waals surface area contributed by atoms with Crippen molar-refractivity contribution in [3.63, 3.8) is 0 Å². The Bertz CT molecular complexity index is 515. The highest BCUT2D eigenvalue weighted by Gasteiger charge is 2.17. The molecule has 0 fully saturated rings. The van der Waals surface area contributed by atoms with Crippen LogP contribution in [0, 0.1) is 0 Å². The van der Waals surface area contributed by atoms with E-state index in [0.717, 1.165) is 12.2 Å². The normalized spacial score (nSPS) is 13.7. The van der Waals surface area contributed by atoms with Gasteiger partial charge in [-0.2, -0.15) is 0 Å². The number of ether oxygens (including phenoxy) is 2. The maximum Gasteiger partial charge on any atom is 0.337 e. The van der Waals surface area contributed by atoms with E-state index in [-0.39, 0.29) is 16.9 Å². The van der Waals surface area contributed by atoms with Crippen LogP contribution in [-0.2, 0) is 23.9 Å². The molecule has 0 saturated heterocycles. The molecule has 0 aromatic rings. The van der Waals surface area contributed by atoms with E-state index < -0.39 is 37.2 Å². The number of carboxylic acid groups (broad SMARTS) is 1. The summed E-state index contributed by atoms with van der Waals surface area (Å²) in [6.45, 7) is 4.64. The van der Waals surface area contributed by atoms with Gasteiger partial charge < -0.3 is 24.8 Å². The lowest BCUT2D eigenvalue weighted by Crippen LogP contribution is -2.22. The van der Waals surface area contributed by atoms with Crippen LogP contribution in [0.3, 0.4) is 0 Å². The second-order valence-corrected chi connectivity index (χ2v) is 4.18. The summed E-state index contributed by atoms with van der Waals surface area (Å²) in [6.07, 6.45) is 0.591. The molecule has 0 bridgehead atoms. The van der Waals surface area contributed by atoms with Crippen LogP contribution >= 0.6 is 0 Å². The number of aliphatic hydroxyl groups is 2. The van der Waals surface area contributed by atoms with Crippen molar-refractivity contribution >= 4 is 17.9 Å². The van der Waals surface area contributed by atoms with Gasteiger partial charge in [-0.3, -0.25) is 0 Å². The van der Waals surface area contributed by atoms with E-state index in [1.54, 1.807) is 0 Å². The highest BCUT2D eigenvalue weighted by atomic mass is 16.6. The lowest BCUT2D eigenvalue weighted by atomic mass is 10.2. The Hall–Kier alpha value is -2.45. The van der Waals surface area contributed by atoms with Crippen LogP contribution in [0.5, 0.6) is 0 Å². The van der Waals surface area contributed by atoms with Gasteiger partial charge in [0, 0.05) is 11.6 Å². The molecule has 3 N–H and O–H groups in total. The number of carbonyl (C=O) groups is 3. The van der Waals surface area contributed by atoms with Gasteiger partial charge in [0.05, 0.1) is 12.2 Å². The lowest BCUT2D eigenvalue weighted by molar-refractivity contribution is -0.143. The van der Waals surface area contributed by atoms with Crippen molar-refractivity contribution in [2.75, 3.05) is 13.2 Å². The van der Waals surface area contributed by atoms with Gasteiger partial charge in [0.2, 0.25) is 0 Å². The van der Waals surface area contributed by atoms with Gasteiger partial charge in [-0.15, -0.1) is 0 Å². The zero-order valence-corrected chi connectivity index (χ0v) is 12.2. The van der Waals surface area contributed by atoms with Crippen molar-refractivity contribution in [1.29, 1.82) is 0 Å². The summed E-state index contributed by atoms with van der Waals surface area (Å²) in [5, 5.41) is 26.5. The van der Waals surface area contributed by atoms with E-state index in [0.29, 0.717) is 0 Å². The summed E-state index contributed by atoms with van der Waals surface area (Å²) in [6, 6.07) is 0. The Morgan fingerprint density at radius 3 is 2.32 bits per heavy atom. The van der Waals surface area contributed by atoms with E-state index in [2.05, 4.69) is 6.58 Å². The third-order valence-electron chi connectivity index (χ3n) is 2.36. The molecular weight excluding hydrogens is 296 g/mol. The van der Waals surface area contributed by atoms with Crippen LogP contribution in [0.2, 0.25) is 0 Å². The maximum atomic E-state index is 11.8. The van der Waals surface area contributed by atoms with Crippen LogP contribution in [0.4, 0.5) is 0 Å². The fourth-order valence-corrected chi connectivity index (χ4v) is 1.06. The first-order valence-corrected chi connectivity index (χ1v) is 6.15. The van der Waals surface area contributed by atoms with Crippen molar-refractivity contribution < 1.29 is 39.2 Å². The van der Waals surface area contributed by atoms with E-state index in [1.807, 2.05) is 0 Å². The summed E-state index contributed by atoms with van der Waals surface area (Å²) >= 11 is 0. The van der Waals surface area contributed by atoms with Crippen LogP contribution in [0.1, 0.15) is 13.8 Å². The Morgan fingerprint density at radius 2 is 1.86 bits per heavy atom. The number of esters is 2. The second-order valence-electron chi connectivity index (χ2n) is 4.18. The molecule has 22 heavy (non-hydrogen) atoms. The molecule has 0 heterocycles. The minimum atomic E-state index is -1.26. The zero-order chi connectivity index (χ0) is 17.3.